The van der Waals surface area contributed by atoms with Gasteiger partial charge in [0.05, 0.1) is 29.8 Å². The first-order valence-corrected chi connectivity index (χ1v) is 12.3. The average molecular weight is 495 g/mol. The third kappa shape index (κ3) is 7.90. The number of esters is 2. The summed E-state index contributed by atoms with van der Waals surface area (Å²) in [4.78, 5) is 24.2. The summed E-state index contributed by atoms with van der Waals surface area (Å²) in [5.41, 5.74) is 4.58. The monoisotopic (exact) mass is 494 g/mol. The van der Waals surface area contributed by atoms with Gasteiger partial charge in [0.2, 0.25) is 0 Å². The average Bonchev–Trinajstić information content (AvgIpc) is 2.90. The van der Waals surface area contributed by atoms with Crippen LogP contribution in [0.4, 0.5) is 0 Å². The topological polar surface area (TPSA) is 93.1 Å². The van der Waals surface area contributed by atoms with E-state index < -0.39 is 30.6 Å². The van der Waals surface area contributed by atoms with E-state index in [1.54, 1.807) is 6.92 Å². The Hall–Kier alpha value is -3.22. The maximum Gasteiger partial charge on any atom is 0.335 e. The normalized spacial score (nSPS) is 11.1. The number of benzene rings is 2. The molecule has 0 atom stereocenters. The highest BCUT2D eigenvalue weighted by molar-refractivity contribution is 5.88. The van der Waals surface area contributed by atoms with Gasteiger partial charge < -0.3 is 19.7 Å². The summed E-state index contributed by atoms with van der Waals surface area (Å²) < 4.78 is 10.7. The molecule has 2 aromatic rings. The lowest BCUT2D eigenvalue weighted by Crippen LogP contribution is -2.36. The molecule has 0 amide bonds. The molecule has 36 heavy (non-hydrogen) atoms. The molecular weight excluding hydrogens is 456 g/mol. The van der Waals surface area contributed by atoms with Gasteiger partial charge in [0, 0.05) is 0 Å². The van der Waals surface area contributed by atoms with Gasteiger partial charge in [0.15, 0.2) is 0 Å². The minimum absolute atomic E-state index is 0.0631. The lowest BCUT2D eigenvalue weighted by atomic mass is 9.83. The number of rotatable bonds is 14. The van der Waals surface area contributed by atoms with Gasteiger partial charge in [0.25, 0.3) is 0 Å². The van der Waals surface area contributed by atoms with Crippen molar-refractivity contribution >= 4 is 11.9 Å². The molecule has 194 valence electrons. The zero-order chi connectivity index (χ0) is 26.7. The van der Waals surface area contributed by atoms with Gasteiger partial charge in [0.1, 0.15) is 13.2 Å². The first-order chi connectivity index (χ1) is 17.1. The SMILES string of the molecule is C=C(CO)C(=O)OCC(C)(COC(=O)C(=C)CO)c1ccc(-c2ccc(CCCCC)c(C)c2)cc1. The van der Waals surface area contributed by atoms with Gasteiger partial charge in [-0.15, -0.1) is 0 Å². The number of ether oxygens (including phenoxy) is 2. The fourth-order valence-electron chi connectivity index (χ4n) is 3.78. The number of hydrogen-bond acceptors (Lipinski definition) is 6. The van der Waals surface area contributed by atoms with E-state index in [1.165, 1.54) is 30.4 Å². The molecule has 0 radical (unpaired) electrons. The van der Waals surface area contributed by atoms with Crippen molar-refractivity contribution in [1.29, 1.82) is 0 Å². The van der Waals surface area contributed by atoms with Crippen molar-refractivity contribution in [1.82, 2.24) is 0 Å². The van der Waals surface area contributed by atoms with Gasteiger partial charge in [-0.1, -0.05) is 75.4 Å². The Morgan fingerprint density at radius 3 is 1.86 bits per heavy atom. The molecule has 0 spiro atoms. The smallest absolute Gasteiger partial charge is 0.335 e. The molecule has 0 saturated heterocycles. The fourth-order valence-corrected chi connectivity index (χ4v) is 3.78. The number of aliphatic hydroxyl groups excluding tert-OH is 2. The molecule has 0 saturated carbocycles. The highest BCUT2D eigenvalue weighted by Crippen LogP contribution is 2.30. The number of aryl methyl sites for hydroxylation is 2. The maximum absolute atomic E-state index is 12.1. The summed E-state index contributed by atoms with van der Waals surface area (Å²) in [6.07, 6.45) is 4.71. The molecule has 0 aliphatic heterocycles. The highest BCUT2D eigenvalue weighted by Gasteiger charge is 2.31. The second-order valence-electron chi connectivity index (χ2n) is 9.41. The van der Waals surface area contributed by atoms with Crippen LogP contribution >= 0.6 is 0 Å². The molecule has 0 aliphatic carbocycles. The molecule has 0 aliphatic rings. The molecule has 6 nitrogen and oxygen atoms in total. The van der Waals surface area contributed by atoms with E-state index in [4.69, 9.17) is 19.7 Å². The van der Waals surface area contributed by atoms with Crippen LogP contribution in [-0.4, -0.2) is 48.6 Å². The van der Waals surface area contributed by atoms with Crippen LogP contribution in [0.15, 0.2) is 66.8 Å². The van der Waals surface area contributed by atoms with Gasteiger partial charge in [-0.25, -0.2) is 9.59 Å². The Balaban J connectivity index is 2.25. The summed E-state index contributed by atoms with van der Waals surface area (Å²) in [5, 5.41) is 18.3. The van der Waals surface area contributed by atoms with Crippen LogP contribution in [0.1, 0.15) is 49.8 Å². The van der Waals surface area contributed by atoms with Gasteiger partial charge in [-0.3, -0.25) is 0 Å². The third-order valence-electron chi connectivity index (χ3n) is 6.31. The van der Waals surface area contributed by atoms with Crippen LogP contribution in [0.25, 0.3) is 11.1 Å². The molecule has 0 aromatic heterocycles. The van der Waals surface area contributed by atoms with Crippen molar-refractivity contribution in [2.75, 3.05) is 26.4 Å². The number of hydrogen-bond donors (Lipinski definition) is 2. The van der Waals surface area contributed by atoms with Crippen molar-refractivity contribution in [2.45, 2.75) is 51.9 Å². The zero-order valence-electron chi connectivity index (χ0n) is 21.6. The first-order valence-electron chi connectivity index (χ1n) is 12.3. The van der Waals surface area contributed by atoms with Crippen molar-refractivity contribution in [3.05, 3.63) is 83.5 Å². The van der Waals surface area contributed by atoms with Gasteiger partial charge in [-0.2, -0.15) is 0 Å². The molecular formula is C30H38O6. The van der Waals surface area contributed by atoms with Crippen molar-refractivity contribution < 1.29 is 29.3 Å². The fraction of sp³-hybridized carbons (Fsp3) is 0.400. The summed E-state index contributed by atoms with van der Waals surface area (Å²) in [5.74, 6) is -1.44. The maximum atomic E-state index is 12.1. The lowest BCUT2D eigenvalue weighted by molar-refractivity contribution is -0.145. The van der Waals surface area contributed by atoms with E-state index in [-0.39, 0.29) is 24.4 Å². The number of unbranched alkanes of at least 4 members (excludes halogenated alkanes) is 2. The van der Waals surface area contributed by atoms with Gasteiger partial charge in [-0.05, 0) is 54.5 Å². The largest absolute Gasteiger partial charge is 0.461 e. The van der Waals surface area contributed by atoms with Crippen LogP contribution < -0.4 is 0 Å². The van der Waals surface area contributed by atoms with Crippen molar-refractivity contribution in [3.63, 3.8) is 0 Å². The van der Waals surface area contributed by atoms with E-state index >= 15 is 0 Å². The Labute approximate surface area is 214 Å². The quantitative estimate of drug-likeness (QED) is 0.222. The van der Waals surface area contributed by atoms with Crippen LogP contribution in [0.2, 0.25) is 0 Å². The number of carbonyl (C=O) groups is 2. The molecule has 0 unspecified atom stereocenters. The standard InChI is InChI=1S/C30H38O6/c1-6-7-8-9-24-10-11-26(16-21(24)2)25-12-14-27(15-13-25)30(5,19-35-28(33)22(3)17-31)20-36-29(34)23(4)18-32/h10-16,31-32H,3-4,6-9,17-20H2,1-2,5H3. The summed E-state index contributed by atoms with van der Waals surface area (Å²) in [6.45, 7) is 11.9. The third-order valence-corrected chi connectivity index (χ3v) is 6.31. The number of aliphatic hydroxyl groups is 2. The summed E-state index contributed by atoms with van der Waals surface area (Å²) >= 11 is 0. The summed E-state index contributed by atoms with van der Waals surface area (Å²) in [7, 11) is 0. The van der Waals surface area contributed by atoms with Crippen LogP contribution in [0.3, 0.4) is 0 Å². The Morgan fingerprint density at radius 1 is 0.861 bits per heavy atom. The van der Waals surface area contributed by atoms with Crippen LogP contribution in [0, 0.1) is 6.92 Å². The lowest BCUT2D eigenvalue weighted by Gasteiger charge is -2.29. The minimum Gasteiger partial charge on any atom is -0.461 e. The molecule has 2 rings (SSSR count). The Kier molecular flexibility index (Phi) is 11.1. The van der Waals surface area contributed by atoms with E-state index in [9.17, 15) is 9.59 Å². The first kappa shape index (κ1) is 29.0. The molecule has 0 heterocycles. The van der Waals surface area contributed by atoms with Crippen molar-refractivity contribution in [2.24, 2.45) is 0 Å². The van der Waals surface area contributed by atoms with Crippen molar-refractivity contribution in [3.8, 4) is 11.1 Å². The van der Waals surface area contributed by atoms with Crippen LogP contribution in [-0.2, 0) is 30.9 Å². The highest BCUT2D eigenvalue weighted by atomic mass is 16.5. The van der Waals surface area contributed by atoms with Crippen LogP contribution in [0.5, 0.6) is 0 Å². The summed E-state index contributed by atoms with van der Waals surface area (Å²) in [6, 6.07) is 14.3. The molecule has 2 aromatic carbocycles. The van der Waals surface area contributed by atoms with E-state index in [0.29, 0.717) is 0 Å². The molecule has 6 heteroatoms. The Bertz CT molecular complexity index is 1040. The van der Waals surface area contributed by atoms with E-state index in [1.807, 2.05) is 24.3 Å². The molecule has 0 fully saturated rings. The number of carbonyl (C=O) groups excluding carboxylic acids is 2. The predicted molar refractivity (Wildman–Crippen MR) is 142 cm³/mol. The molecule has 2 N–H and O–H groups in total. The minimum atomic E-state index is -0.881. The zero-order valence-corrected chi connectivity index (χ0v) is 21.6. The van der Waals surface area contributed by atoms with E-state index in [2.05, 4.69) is 45.2 Å². The second-order valence-corrected chi connectivity index (χ2v) is 9.41. The van der Waals surface area contributed by atoms with Gasteiger partial charge >= 0.3 is 11.9 Å². The Morgan fingerprint density at radius 2 is 1.39 bits per heavy atom. The second kappa shape index (κ2) is 13.8. The van der Waals surface area contributed by atoms with E-state index in [0.717, 1.165) is 23.1 Å². The predicted octanol–water partition coefficient (Wildman–Crippen LogP) is 4.84. The molecule has 0 bridgehead atoms.